The molecule has 7 aromatic rings. The van der Waals surface area contributed by atoms with Crippen LogP contribution in [0.4, 0.5) is 0 Å². The second-order valence-corrected chi connectivity index (χ2v) is 9.24. The van der Waals surface area contributed by atoms with Gasteiger partial charge in [0.15, 0.2) is 0 Å². The summed E-state index contributed by atoms with van der Waals surface area (Å²) in [5.74, 6) is -0.879. The molecule has 0 saturated carbocycles. The zero-order chi connectivity index (χ0) is 30.0. The Morgan fingerprint density at radius 3 is 1.00 bits per heavy atom. The van der Waals surface area contributed by atoms with E-state index in [0.29, 0.717) is 5.56 Å². The summed E-state index contributed by atoms with van der Waals surface area (Å²) in [7, 11) is -4.94. The molecule has 4 aromatic heterocycles. The van der Waals surface area contributed by atoms with Crippen LogP contribution in [0.15, 0.2) is 128 Å². The van der Waals surface area contributed by atoms with Crippen LogP contribution in [0.25, 0.3) is 43.6 Å². The SMILES string of the molecule is O.O=C(O)c1ccccc1.[Mn].[O-][Cl+3]([O-])([O-])[O-].c1cnc2c(c1)ccc1cccnc12.c1cnc2c(c1)ccc1cccnc12. The predicted molar refractivity (Wildman–Crippen MR) is 151 cm³/mol. The van der Waals surface area contributed by atoms with E-state index < -0.39 is 16.2 Å². The van der Waals surface area contributed by atoms with Crippen LogP contribution in [0.5, 0.6) is 0 Å². The summed E-state index contributed by atoms with van der Waals surface area (Å²) in [6.07, 6.45) is 7.21. The number of carboxylic acid groups (broad SMARTS) is 1. The van der Waals surface area contributed by atoms with Crippen molar-refractivity contribution in [2.24, 2.45) is 0 Å². The summed E-state index contributed by atoms with van der Waals surface area (Å²) in [5.41, 5.74) is 4.24. The molecule has 0 atom stereocenters. The van der Waals surface area contributed by atoms with Gasteiger partial charge in [-0.05, 0) is 36.4 Å². The molecule has 0 fully saturated rings. The Hall–Kier alpha value is -4.62. The van der Waals surface area contributed by atoms with E-state index in [4.69, 9.17) is 23.7 Å². The first-order valence-electron chi connectivity index (χ1n) is 12.3. The first-order chi connectivity index (χ1) is 20.2. The fraction of sp³-hybridized carbons (Fsp3) is 0. The minimum atomic E-state index is -4.94. The summed E-state index contributed by atoms with van der Waals surface area (Å²) < 4.78 is 34.0. The third-order valence-corrected chi connectivity index (χ3v) is 5.71. The van der Waals surface area contributed by atoms with Gasteiger partial charge in [0, 0.05) is 63.4 Å². The molecule has 7 rings (SSSR count). The zero-order valence-electron chi connectivity index (χ0n) is 22.7. The standard InChI is InChI=1S/2C12H8N2.C7H6O2.ClHO4.Mn.H2O/c2*1-3-9-5-6-10-4-2-8-14-12(10)11(9)13-7-1;8-7(9)6-4-2-1-3-5-6;2-1(3,4)5;;/h2*1-8H;1-5H,(H,8,9);(H,2,3,4,5);;1H2/p-1. The van der Waals surface area contributed by atoms with Gasteiger partial charge < -0.3 is 10.6 Å². The number of carbonyl (C=O) groups is 1. The van der Waals surface area contributed by atoms with Crippen molar-refractivity contribution in [1.29, 1.82) is 0 Å². The van der Waals surface area contributed by atoms with Crippen molar-refractivity contribution in [1.82, 2.24) is 19.9 Å². The van der Waals surface area contributed by atoms with Crippen LogP contribution >= 0.6 is 0 Å². The molecule has 3 N–H and O–H groups in total. The molecule has 1 radical (unpaired) electrons. The van der Waals surface area contributed by atoms with Gasteiger partial charge in [0.1, 0.15) is 0 Å². The molecule has 13 heteroatoms. The molecular weight excluding hydrogens is 631 g/mol. The Kier molecular flexibility index (Phi) is 13.6. The third kappa shape index (κ3) is 10.3. The normalized spacial score (nSPS) is 10.1. The van der Waals surface area contributed by atoms with Crippen LogP contribution in [-0.4, -0.2) is 36.5 Å². The molecule has 225 valence electrons. The van der Waals surface area contributed by atoms with Gasteiger partial charge in [-0.2, -0.15) is 0 Å². The third-order valence-electron chi connectivity index (χ3n) is 5.71. The maximum Gasteiger partial charge on any atom is 0.335 e. The quantitative estimate of drug-likeness (QED) is 0.198. The van der Waals surface area contributed by atoms with Crippen molar-refractivity contribution < 1.29 is 61.3 Å². The van der Waals surface area contributed by atoms with E-state index in [1.54, 1.807) is 55.1 Å². The molecule has 0 saturated heterocycles. The molecule has 3 aromatic carbocycles. The molecular formula is C31H24ClMnN4O7-. The molecule has 4 heterocycles. The van der Waals surface area contributed by atoms with Crippen molar-refractivity contribution >= 4 is 49.6 Å². The predicted octanol–water partition coefficient (Wildman–Crippen LogP) is 1.37. The fourth-order valence-corrected chi connectivity index (χ4v) is 3.94. The minimum absolute atomic E-state index is 0. The largest absolute Gasteiger partial charge is 0.478 e. The van der Waals surface area contributed by atoms with E-state index >= 15 is 0 Å². The fourth-order valence-electron chi connectivity index (χ4n) is 3.94. The summed E-state index contributed by atoms with van der Waals surface area (Å²) >= 11 is 0. The Balaban J connectivity index is 0.000000214. The average molecular weight is 655 g/mol. The van der Waals surface area contributed by atoms with Gasteiger partial charge in [-0.1, -0.05) is 66.7 Å². The Morgan fingerprint density at radius 2 is 0.773 bits per heavy atom. The number of rotatable bonds is 1. The van der Waals surface area contributed by atoms with Crippen LogP contribution in [0, 0.1) is 10.2 Å². The maximum atomic E-state index is 10.2. The van der Waals surface area contributed by atoms with Gasteiger partial charge in [-0.3, -0.25) is 19.9 Å². The van der Waals surface area contributed by atoms with E-state index in [9.17, 15) is 4.79 Å². The number of nitrogens with zero attached hydrogens (tertiary/aromatic N) is 4. The van der Waals surface area contributed by atoms with Gasteiger partial charge in [-0.25, -0.2) is 23.4 Å². The number of halogens is 1. The monoisotopic (exact) mass is 654 g/mol. The summed E-state index contributed by atoms with van der Waals surface area (Å²) in [6, 6.07) is 32.6. The first kappa shape index (κ1) is 35.6. The van der Waals surface area contributed by atoms with Crippen molar-refractivity contribution in [3.8, 4) is 0 Å². The summed E-state index contributed by atoms with van der Waals surface area (Å²) in [4.78, 5) is 27.6. The summed E-state index contributed by atoms with van der Waals surface area (Å²) in [6.45, 7) is 0. The molecule has 0 aliphatic carbocycles. The second kappa shape index (κ2) is 16.9. The summed E-state index contributed by atoms with van der Waals surface area (Å²) in [5, 5.41) is 12.9. The van der Waals surface area contributed by atoms with Gasteiger partial charge >= 0.3 is 5.97 Å². The van der Waals surface area contributed by atoms with E-state index in [-0.39, 0.29) is 22.5 Å². The van der Waals surface area contributed by atoms with Gasteiger partial charge in [0.05, 0.1) is 27.6 Å². The number of benzene rings is 3. The van der Waals surface area contributed by atoms with E-state index in [1.807, 2.05) is 24.3 Å². The average Bonchev–Trinajstić information content (AvgIpc) is 3.01. The molecule has 0 aliphatic rings. The number of aromatic carboxylic acids is 1. The van der Waals surface area contributed by atoms with Crippen molar-refractivity contribution in [2.45, 2.75) is 0 Å². The van der Waals surface area contributed by atoms with Crippen LogP contribution in [0.1, 0.15) is 10.4 Å². The van der Waals surface area contributed by atoms with Crippen LogP contribution in [0.3, 0.4) is 0 Å². The van der Waals surface area contributed by atoms with Crippen LogP contribution in [-0.2, 0) is 17.1 Å². The minimum Gasteiger partial charge on any atom is -0.478 e. The van der Waals surface area contributed by atoms with Crippen molar-refractivity contribution in [3.05, 3.63) is 133 Å². The number of carboxylic acids is 1. The Bertz CT molecular complexity index is 1720. The van der Waals surface area contributed by atoms with Crippen molar-refractivity contribution in [2.75, 3.05) is 0 Å². The smallest absolute Gasteiger partial charge is 0.335 e. The van der Waals surface area contributed by atoms with Crippen LogP contribution < -0.4 is 18.6 Å². The maximum absolute atomic E-state index is 10.2. The van der Waals surface area contributed by atoms with Gasteiger partial charge in [0.25, 0.3) is 0 Å². The topological polar surface area (TPSA) is 213 Å². The molecule has 11 nitrogen and oxygen atoms in total. The number of hydrogen-bond donors (Lipinski definition) is 1. The zero-order valence-corrected chi connectivity index (χ0v) is 24.6. The molecule has 0 spiro atoms. The molecule has 0 aliphatic heterocycles. The van der Waals surface area contributed by atoms with E-state index in [0.717, 1.165) is 43.6 Å². The van der Waals surface area contributed by atoms with E-state index in [2.05, 4.69) is 68.5 Å². The van der Waals surface area contributed by atoms with Crippen molar-refractivity contribution in [3.63, 3.8) is 0 Å². The number of aromatic nitrogens is 4. The van der Waals surface area contributed by atoms with Gasteiger partial charge in [0.2, 0.25) is 0 Å². The first-order valence-corrected chi connectivity index (χ1v) is 13.5. The number of fused-ring (bicyclic) bond motifs is 6. The molecule has 44 heavy (non-hydrogen) atoms. The van der Waals surface area contributed by atoms with Gasteiger partial charge in [-0.15, -0.1) is 10.2 Å². The number of pyridine rings is 4. The van der Waals surface area contributed by atoms with E-state index in [1.165, 1.54) is 0 Å². The molecule has 0 bridgehead atoms. The van der Waals surface area contributed by atoms with Crippen LogP contribution in [0.2, 0.25) is 0 Å². The Labute approximate surface area is 263 Å². The Morgan fingerprint density at radius 1 is 0.500 bits per heavy atom. The second-order valence-electron chi connectivity index (χ2n) is 8.48. The molecule has 0 unspecified atom stereocenters. The molecule has 0 amide bonds. The number of hydrogen-bond acceptors (Lipinski definition) is 9.